The molecule has 204 valence electrons. The van der Waals surface area contributed by atoms with Crippen molar-refractivity contribution in [1.29, 1.82) is 0 Å². The molecule has 1 N–H and O–H groups in total. The lowest BCUT2D eigenvalue weighted by molar-refractivity contribution is -0.274. The van der Waals surface area contributed by atoms with E-state index in [2.05, 4.69) is 15.0 Å². The second-order valence-corrected chi connectivity index (χ2v) is 8.50. The summed E-state index contributed by atoms with van der Waals surface area (Å²) in [5.41, 5.74) is -1.11. The maximum Gasteiger partial charge on any atom is 0.573 e. The van der Waals surface area contributed by atoms with Crippen LogP contribution in [-0.2, 0) is 7.05 Å². The number of benzene rings is 2. The van der Waals surface area contributed by atoms with Gasteiger partial charge in [-0.05, 0) is 55.8 Å². The number of aromatic nitrogens is 3. The van der Waals surface area contributed by atoms with E-state index in [9.17, 15) is 22.8 Å². The maximum absolute atomic E-state index is 15.2. The fraction of sp³-hybridized carbons (Fsp3) is 0.192. The minimum absolute atomic E-state index is 0.110. The topological polar surface area (TPSA) is 87.4 Å². The van der Waals surface area contributed by atoms with Crippen molar-refractivity contribution in [3.05, 3.63) is 87.3 Å². The average molecular weight is 548 g/mol. The smallest absolute Gasteiger partial charge is 0.497 e. The van der Waals surface area contributed by atoms with Crippen molar-refractivity contribution in [2.24, 2.45) is 7.05 Å². The molecule has 0 saturated carbocycles. The van der Waals surface area contributed by atoms with Crippen LogP contribution in [0.2, 0.25) is 0 Å². The monoisotopic (exact) mass is 548 g/mol. The summed E-state index contributed by atoms with van der Waals surface area (Å²) in [4.78, 5) is 31.0. The molecule has 0 fully saturated rings. The summed E-state index contributed by atoms with van der Waals surface area (Å²) in [7, 11) is 2.58. The average Bonchev–Trinajstić information content (AvgIpc) is 3.06. The second-order valence-electron chi connectivity index (χ2n) is 8.50. The molecular weight excluding hydrogens is 527 g/mol. The number of methoxy groups -OCH3 is 1. The van der Waals surface area contributed by atoms with Crippen LogP contribution in [0.25, 0.3) is 17.1 Å². The number of alkyl halides is 3. The minimum atomic E-state index is -4.93. The molecular formula is C26H21F5N4O4. The number of pyridine rings is 1. The van der Waals surface area contributed by atoms with Crippen LogP contribution in [0.5, 0.6) is 11.5 Å². The van der Waals surface area contributed by atoms with Gasteiger partial charge in [0, 0.05) is 30.4 Å². The van der Waals surface area contributed by atoms with Crippen LogP contribution in [0.15, 0.2) is 53.3 Å². The Labute approximate surface area is 218 Å². The van der Waals surface area contributed by atoms with Crippen LogP contribution in [0.4, 0.5) is 27.6 Å². The third kappa shape index (κ3) is 5.61. The molecule has 0 aliphatic carbocycles. The highest BCUT2D eigenvalue weighted by Crippen LogP contribution is 2.34. The van der Waals surface area contributed by atoms with Gasteiger partial charge in [-0.25, -0.2) is 13.8 Å². The third-order valence-electron chi connectivity index (χ3n) is 5.64. The summed E-state index contributed by atoms with van der Waals surface area (Å²) in [6, 6.07) is 9.07. The zero-order valence-electron chi connectivity index (χ0n) is 21.0. The maximum atomic E-state index is 15.2. The number of nitrogens with zero attached hydrogens (tertiary/aromatic N) is 3. The predicted molar refractivity (Wildman–Crippen MR) is 131 cm³/mol. The molecule has 0 saturated heterocycles. The van der Waals surface area contributed by atoms with E-state index >= 15 is 8.78 Å². The molecule has 8 nitrogen and oxygen atoms in total. The van der Waals surface area contributed by atoms with Gasteiger partial charge in [0.1, 0.15) is 34.5 Å². The molecule has 0 radical (unpaired) electrons. The van der Waals surface area contributed by atoms with Gasteiger partial charge in [-0.15, -0.1) is 13.2 Å². The van der Waals surface area contributed by atoms with Crippen molar-refractivity contribution in [1.82, 2.24) is 14.3 Å². The molecule has 13 heteroatoms. The highest BCUT2D eigenvalue weighted by Gasteiger charge is 2.31. The number of amides is 1. The van der Waals surface area contributed by atoms with Gasteiger partial charge in [-0.3, -0.25) is 14.3 Å². The first-order valence-electron chi connectivity index (χ1n) is 11.3. The molecule has 0 atom stereocenters. The summed E-state index contributed by atoms with van der Waals surface area (Å²) in [5, 5.41) is 2.36. The lowest BCUT2D eigenvalue weighted by atomic mass is 10.1. The fourth-order valence-electron chi connectivity index (χ4n) is 4.08. The zero-order valence-corrected chi connectivity index (χ0v) is 21.0. The van der Waals surface area contributed by atoms with Crippen molar-refractivity contribution in [2.45, 2.75) is 20.2 Å². The lowest BCUT2D eigenvalue weighted by Crippen LogP contribution is -2.24. The number of hydrogen-bond acceptors (Lipinski definition) is 5. The third-order valence-corrected chi connectivity index (χ3v) is 5.64. The molecule has 0 bridgehead atoms. The standard InChI is InChI=1S/C26H21F5N4O4/c1-13-9-14(2)32-20(10-13)35-25(37)22(23(34(35)3)21-18(27)11-17(38-4)12-19(21)28)33-24(36)15-5-7-16(8-6-15)39-26(29,30)31/h5-12H,1-4H3,(H,33,36). The van der Waals surface area contributed by atoms with Gasteiger partial charge in [0.25, 0.3) is 11.5 Å². The van der Waals surface area contributed by atoms with Crippen LogP contribution in [0.3, 0.4) is 0 Å². The summed E-state index contributed by atoms with van der Waals surface area (Å²) in [6.45, 7) is 3.47. The highest BCUT2D eigenvalue weighted by molar-refractivity contribution is 6.06. The van der Waals surface area contributed by atoms with Gasteiger partial charge in [0.2, 0.25) is 0 Å². The van der Waals surface area contributed by atoms with E-state index < -0.39 is 46.5 Å². The van der Waals surface area contributed by atoms with Crippen LogP contribution in [0, 0.1) is 25.5 Å². The van der Waals surface area contributed by atoms with Crippen molar-refractivity contribution < 1.29 is 36.2 Å². The van der Waals surface area contributed by atoms with Crippen molar-refractivity contribution in [3.63, 3.8) is 0 Å². The Bertz CT molecular complexity index is 1580. The Morgan fingerprint density at radius 2 is 1.59 bits per heavy atom. The van der Waals surface area contributed by atoms with Crippen molar-refractivity contribution in [2.75, 3.05) is 12.4 Å². The molecule has 2 aromatic heterocycles. The highest BCUT2D eigenvalue weighted by atomic mass is 19.4. The molecule has 0 unspecified atom stereocenters. The number of hydrogen-bond donors (Lipinski definition) is 1. The number of carbonyl (C=O) groups is 1. The first-order valence-corrected chi connectivity index (χ1v) is 11.3. The van der Waals surface area contributed by atoms with Crippen molar-refractivity contribution >= 4 is 11.6 Å². The Balaban J connectivity index is 1.87. The molecule has 0 aliphatic rings. The predicted octanol–water partition coefficient (Wildman–Crippen LogP) is 5.29. The number of rotatable bonds is 6. The van der Waals surface area contributed by atoms with Gasteiger partial charge in [-0.2, -0.15) is 4.68 Å². The lowest BCUT2D eigenvalue weighted by Gasteiger charge is -2.13. The zero-order chi connectivity index (χ0) is 28.6. The van der Waals surface area contributed by atoms with Crippen molar-refractivity contribution in [3.8, 4) is 28.6 Å². The van der Waals surface area contributed by atoms with Crippen LogP contribution < -0.4 is 20.3 Å². The number of aryl methyl sites for hydroxylation is 2. The Kier molecular flexibility index (Phi) is 7.18. The summed E-state index contributed by atoms with van der Waals surface area (Å²) in [6.07, 6.45) is -4.93. The first-order chi connectivity index (χ1) is 18.3. The Hall–Kier alpha value is -4.68. The number of anilines is 1. The molecule has 2 heterocycles. The Morgan fingerprint density at radius 3 is 2.13 bits per heavy atom. The van der Waals surface area contributed by atoms with Gasteiger partial charge in [-0.1, -0.05) is 0 Å². The quantitative estimate of drug-likeness (QED) is 0.331. The minimum Gasteiger partial charge on any atom is -0.497 e. The van der Waals surface area contributed by atoms with E-state index in [1.54, 1.807) is 26.0 Å². The summed E-state index contributed by atoms with van der Waals surface area (Å²) in [5.74, 6) is -3.61. The van der Waals surface area contributed by atoms with Gasteiger partial charge in [0.15, 0.2) is 5.82 Å². The largest absolute Gasteiger partial charge is 0.573 e. The molecule has 0 spiro atoms. The molecule has 2 aromatic carbocycles. The van der Waals surface area contributed by atoms with Crippen LogP contribution in [0.1, 0.15) is 21.6 Å². The van der Waals surface area contributed by atoms with E-state index in [0.29, 0.717) is 5.69 Å². The summed E-state index contributed by atoms with van der Waals surface area (Å²) >= 11 is 0. The molecule has 4 aromatic rings. The second kappa shape index (κ2) is 10.2. The van der Waals surface area contributed by atoms with E-state index in [0.717, 1.165) is 51.3 Å². The van der Waals surface area contributed by atoms with Gasteiger partial charge in [0.05, 0.1) is 12.7 Å². The van der Waals surface area contributed by atoms with E-state index in [4.69, 9.17) is 4.74 Å². The normalized spacial score (nSPS) is 11.4. The van der Waals surface area contributed by atoms with E-state index in [1.165, 1.54) is 14.2 Å². The molecule has 1 amide bonds. The number of halogens is 5. The molecule has 0 aliphatic heterocycles. The van der Waals surface area contributed by atoms with Crippen LogP contribution >= 0.6 is 0 Å². The SMILES string of the molecule is COc1cc(F)c(-c2c(NC(=O)c3ccc(OC(F)(F)F)cc3)c(=O)n(-c3cc(C)cc(C)n3)n2C)c(F)c1. The molecule has 39 heavy (non-hydrogen) atoms. The first kappa shape index (κ1) is 27.4. The Morgan fingerprint density at radius 1 is 0.974 bits per heavy atom. The number of nitrogens with one attached hydrogen (secondary N) is 1. The van der Waals surface area contributed by atoms with Gasteiger partial charge < -0.3 is 14.8 Å². The van der Waals surface area contributed by atoms with E-state index in [1.807, 2.05) is 0 Å². The van der Waals surface area contributed by atoms with Gasteiger partial charge >= 0.3 is 6.36 Å². The summed E-state index contributed by atoms with van der Waals surface area (Å²) < 4.78 is 78.6. The molecule has 4 rings (SSSR count). The van der Waals surface area contributed by atoms with E-state index in [-0.39, 0.29) is 22.8 Å². The fourth-order valence-corrected chi connectivity index (χ4v) is 4.08. The number of ether oxygens (including phenoxy) is 2. The van der Waals surface area contributed by atoms with Crippen LogP contribution in [-0.4, -0.2) is 33.7 Å². The number of carbonyl (C=O) groups excluding carboxylic acids is 1.